The van der Waals surface area contributed by atoms with Crippen LogP contribution >= 0.6 is 15.9 Å². The number of aryl methyl sites for hydroxylation is 1. The second-order valence-electron chi connectivity index (χ2n) is 4.24. The Labute approximate surface area is 105 Å². The summed E-state index contributed by atoms with van der Waals surface area (Å²) in [7, 11) is 0. The summed E-state index contributed by atoms with van der Waals surface area (Å²) in [5.74, 6) is 0.200. The van der Waals surface area contributed by atoms with Crippen LogP contribution in [0.1, 0.15) is 30.0 Å². The molecule has 0 saturated carbocycles. The largest absolute Gasteiger partial charge is 0.335 e. The molecule has 1 heterocycles. The van der Waals surface area contributed by atoms with E-state index in [1.165, 1.54) is 11.1 Å². The van der Waals surface area contributed by atoms with Gasteiger partial charge in [0.2, 0.25) is 5.91 Å². The van der Waals surface area contributed by atoms with Crippen molar-refractivity contribution in [3.63, 3.8) is 0 Å². The fraction of sp³-hybridized carbons (Fsp3) is 0.462. The molecular formula is C13H16BrNO. The third-order valence-corrected chi connectivity index (χ3v) is 3.71. The van der Waals surface area contributed by atoms with Gasteiger partial charge in [-0.3, -0.25) is 4.79 Å². The van der Waals surface area contributed by atoms with E-state index in [1.807, 2.05) is 11.0 Å². The molecule has 1 aromatic carbocycles. The summed E-state index contributed by atoms with van der Waals surface area (Å²) in [5.41, 5.74) is 2.58. The van der Waals surface area contributed by atoms with Crippen molar-refractivity contribution in [2.24, 2.45) is 0 Å². The Morgan fingerprint density at radius 3 is 2.94 bits per heavy atom. The summed E-state index contributed by atoms with van der Waals surface area (Å²) < 4.78 is 0. The summed E-state index contributed by atoms with van der Waals surface area (Å²) in [6.45, 7) is 3.01. The molecule has 1 aromatic rings. The summed E-state index contributed by atoms with van der Waals surface area (Å²) >= 11 is 3.25. The predicted molar refractivity (Wildman–Crippen MR) is 68.7 cm³/mol. The van der Waals surface area contributed by atoms with Crippen molar-refractivity contribution < 1.29 is 4.79 Å². The number of carbonyl (C=O) groups is 1. The molecule has 2 nitrogen and oxygen atoms in total. The second kappa shape index (κ2) is 5.00. The van der Waals surface area contributed by atoms with Gasteiger partial charge < -0.3 is 4.90 Å². The summed E-state index contributed by atoms with van der Waals surface area (Å²) in [4.78, 5) is 13.8. The van der Waals surface area contributed by atoms with Crippen LogP contribution in [-0.2, 0) is 4.79 Å². The topological polar surface area (TPSA) is 20.3 Å². The minimum atomic E-state index is 0.200. The molecule has 86 valence electrons. The Hall–Kier alpha value is -0.830. The fourth-order valence-corrected chi connectivity index (χ4v) is 2.75. The van der Waals surface area contributed by atoms with Crippen molar-refractivity contribution >= 4 is 21.8 Å². The van der Waals surface area contributed by atoms with Gasteiger partial charge >= 0.3 is 0 Å². The van der Waals surface area contributed by atoms with Crippen molar-refractivity contribution in [3.8, 4) is 0 Å². The Morgan fingerprint density at radius 1 is 1.50 bits per heavy atom. The highest BCUT2D eigenvalue weighted by Gasteiger charge is 2.29. The molecule has 1 atom stereocenters. The molecule has 1 fully saturated rings. The zero-order chi connectivity index (χ0) is 11.5. The lowest BCUT2D eigenvalue weighted by atomic mass is 9.99. The highest BCUT2D eigenvalue weighted by Crippen LogP contribution is 2.33. The molecule has 0 aliphatic carbocycles. The van der Waals surface area contributed by atoms with Crippen LogP contribution in [-0.4, -0.2) is 22.7 Å². The predicted octanol–water partition coefficient (Wildman–Crippen LogP) is 3.05. The lowest BCUT2D eigenvalue weighted by Gasteiger charge is -2.25. The average molecular weight is 282 g/mol. The molecule has 1 amide bonds. The van der Waals surface area contributed by atoms with E-state index in [0.29, 0.717) is 5.33 Å². The van der Waals surface area contributed by atoms with Gasteiger partial charge in [-0.2, -0.15) is 0 Å². The molecule has 0 radical (unpaired) electrons. The van der Waals surface area contributed by atoms with Gasteiger partial charge in [0, 0.05) is 6.54 Å². The molecule has 1 saturated heterocycles. The second-order valence-corrected chi connectivity index (χ2v) is 4.80. The highest BCUT2D eigenvalue weighted by molar-refractivity contribution is 9.09. The first kappa shape index (κ1) is 11.6. The number of halogens is 1. The minimum Gasteiger partial charge on any atom is -0.335 e. The maximum Gasteiger partial charge on any atom is 0.233 e. The van der Waals surface area contributed by atoms with Crippen LogP contribution in [0.15, 0.2) is 24.3 Å². The smallest absolute Gasteiger partial charge is 0.233 e. The number of alkyl halides is 1. The van der Waals surface area contributed by atoms with Crippen molar-refractivity contribution in [1.82, 2.24) is 4.90 Å². The van der Waals surface area contributed by atoms with E-state index in [0.717, 1.165) is 19.4 Å². The van der Waals surface area contributed by atoms with E-state index in [2.05, 4.69) is 41.1 Å². The molecule has 0 bridgehead atoms. The van der Waals surface area contributed by atoms with Crippen molar-refractivity contribution in [1.29, 1.82) is 0 Å². The minimum absolute atomic E-state index is 0.200. The zero-order valence-corrected chi connectivity index (χ0v) is 11.0. The van der Waals surface area contributed by atoms with Gasteiger partial charge in [0.15, 0.2) is 0 Å². The number of likely N-dealkylation sites (tertiary alicyclic amines) is 1. The fourth-order valence-electron chi connectivity index (χ4n) is 2.43. The standard InChI is InChI=1S/C13H16BrNO/c1-10-5-2-3-6-11(10)12-7-4-8-15(12)13(16)9-14/h2-3,5-6,12H,4,7-9H2,1H3/t12-/m0/s1. The number of hydrogen-bond acceptors (Lipinski definition) is 1. The molecule has 0 N–H and O–H groups in total. The zero-order valence-electron chi connectivity index (χ0n) is 9.45. The van der Waals surface area contributed by atoms with Gasteiger partial charge in [0.1, 0.15) is 0 Å². The molecule has 0 spiro atoms. The molecule has 0 unspecified atom stereocenters. The van der Waals surface area contributed by atoms with E-state index in [9.17, 15) is 4.79 Å². The number of carbonyl (C=O) groups excluding carboxylic acids is 1. The molecular weight excluding hydrogens is 266 g/mol. The van der Waals surface area contributed by atoms with Gasteiger partial charge in [-0.05, 0) is 30.9 Å². The van der Waals surface area contributed by atoms with Crippen molar-refractivity contribution in [3.05, 3.63) is 35.4 Å². The van der Waals surface area contributed by atoms with Gasteiger partial charge in [-0.1, -0.05) is 40.2 Å². The molecule has 16 heavy (non-hydrogen) atoms. The van der Waals surface area contributed by atoms with E-state index >= 15 is 0 Å². The van der Waals surface area contributed by atoms with E-state index in [1.54, 1.807) is 0 Å². The van der Waals surface area contributed by atoms with E-state index in [-0.39, 0.29) is 11.9 Å². The van der Waals surface area contributed by atoms with E-state index < -0.39 is 0 Å². The van der Waals surface area contributed by atoms with Crippen LogP contribution in [0.3, 0.4) is 0 Å². The third kappa shape index (κ3) is 2.14. The molecule has 0 aromatic heterocycles. The van der Waals surface area contributed by atoms with Crippen LogP contribution < -0.4 is 0 Å². The highest BCUT2D eigenvalue weighted by atomic mass is 79.9. The summed E-state index contributed by atoms with van der Waals surface area (Å²) in [6, 6.07) is 8.64. The first-order chi connectivity index (χ1) is 7.74. The molecule has 1 aliphatic rings. The Kier molecular flexibility index (Phi) is 3.64. The van der Waals surface area contributed by atoms with Crippen LogP contribution in [0, 0.1) is 6.92 Å². The van der Waals surface area contributed by atoms with Gasteiger partial charge in [-0.15, -0.1) is 0 Å². The Morgan fingerprint density at radius 2 is 2.25 bits per heavy atom. The van der Waals surface area contributed by atoms with Crippen LogP contribution in [0.2, 0.25) is 0 Å². The maximum absolute atomic E-state index is 11.8. The quantitative estimate of drug-likeness (QED) is 0.763. The van der Waals surface area contributed by atoms with Crippen LogP contribution in [0.5, 0.6) is 0 Å². The number of amides is 1. The van der Waals surface area contributed by atoms with Crippen LogP contribution in [0.4, 0.5) is 0 Å². The normalized spacial score (nSPS) is 20.1. The van der Waals surface area contributed by atoms with Crippen molar-refractivity contribution in [2.45, 2.75) is 25.8 Å². The first-order valence-corrected chi connectivity index (χ1v) is 6.77. The van der Waals surface area contributed by atoms with Gasteiger partial charge in [0.05, 0.1) is 11.4 Å². The SMILES string of the molecule is Cc1ccccc1[C@@H]1CCCN1C(=O)CBr. The molecule has 2 rings (SSSR count). The number of hydrogen-bond donors (Lipinski definition) is 0. The average Bonchev–Trinajstić information content (AvgIpc) is 2.77. The third-order valence-electron chi connectivity index (χ3n) is 3.23. The summed E-state index contributed by atoms with van der Waals surface area (Å²) in [5, 5.41) is 0.426. The number of benzene rings is 1. The van der Waals surface area contributed by atoms with Crippen LogP contribution in [0.25, 0.3) is 0 Å². The Balaban J connectivity index is 2.27. The summed E-state index contributed by atoms with van der Waals surface area (Å²) in [6.07, 6.45) is 2.20. The van der Waals surface area contributed by atoms with Gasteiger partial charge in [0.25, 0.3) is 0 Å². The first-order valence-electron chi connectivity index (χ1n) is 5.65. The number of nitrogens with zero attached hydrogens (tertiary/aromatic N) is 1. The van der Waals surface area contributed by atoms with Crippen molar-refractivity contribution in [2.75, 3.05) is 11.9 Å². The molecule has 3 heteroatoms. The Bertz CT molecular complexity index is 391. The monoisotopic (exact) mass is 281 g/mol. The molecule has 1 aliphatic heterocycles. The lowest BCUT2D eigenvalue weighted by Crippen LogP contribution is -2.31. The lowest BCUT2D eigenvalue weighted by molar-refractivity contribution is -0.129. The maximum atomic E-state index is 11.8. The number of rotatable bonds is 2. The van der Waals surface area contributed by atoms with Gasteiger partial charge in [-0.25, -0.2) is 0 Å². The van der Waals surface area contributed by atoms with E-state index in [4.69, 9.17) is 0 Å².